The molecule has 0 saturated heterocycles. The first kappa shape index (κ1) is 14.2. The fourth-order valence-electron chi connectivity index (χ4n) is 1.71. The Labute approximate surface area is 114 Å². The van der Waals surface area contributed by atoms with Crippen LogP contribution in [0.5, 0.6) is 0 Å². The minimum atomic E-state index is -1.20. The van der Waals surface area contributed by atoms with Crippen molar-refractivity contribution in [1.82, 2.24) is 4.90 Å². The van der Waals surface area contributed by atoms with Gasteiger partial charge in [-0.05, 0) is 18.9 Å². The molecule has 0 bridgehead atoms. The lowest BCUT2D eigenvalue weighted by molar-refractivity contribution is -0.133. The average molecular weight is 284 g/mol. The molecule has 1 aliphatic carbocycles. The SMILES string of the molecule is CN(C(=O)COC(=O)c1cc(F)c(F)cc1N)C1CC1. The molecule has 7 heteroatoms. The molecule has 1 saturated carbocycles. The van der Waals surface area contributed by atoms with Crippen molar-refractivity contribution in [2.75, 3.05) is 19.4 Å². The molecule has 1 aliphatic rings. The fourth-order valence-corrected chi connectivity index (χ4v) is 1.71. The van der Waals surface area contributed by atoms with Crippen LogP contribution >= 0.6 is 0 Å². The Morgan fingerprint density at radius 1 is 1.35 bits per heavy atom. The summed E-state index contributed by atoms with van der Waals surface area (Å²) in [6, 6.07) is 1.56. The average Bonchev–Trinajstić information content (AvgIpc) is 3.23. The standard InChI is InChI=1S/C13H14F2N2O3/c1-17(7-2-3-7)12(18)6-20-13(19)8-4-9(14)10(15)5-11(8)16/h4-5,7H,2-3,6,16H2,1H3. The number of halogens is 2. The maximum absolute atomic E-state index is 13.0. The van der Waals surface area contributed by atoms with E-state index >= 15 is 0 Å². The minimum absolute atomic E-state index is 0.203. The molecule has 0 unspecified atom stereocenters. The summed E-state index contributed by atoms with van der Waals surface area (Å²) in [4.78, 5) is 24.8. The molecule has 1 aromatic carbocycles. The van der Waals surface area contributed by atoms with Crippen molar-refractivity contribution in [3.05, 3.63) is 29.3 Å². The minimum Gasteiger partial charge on any atom is -0.452 e. The van der Waals surface area contributed by atoms with E-state index in [2.05, 4.69) is 0 Å². The summed E-state index contributed by atoms with van der Waals surface area (Å²) < 4.78 is 30.7. The Bertz CT molecular complexity index is 559. The predicted octanol–water partition coefficient (Wildman–Crippen LogP) is 1.32. The summed E-state index contributed by atoms with van der Waals surface area (Å²) in [7, 11) is 1.62. The van der Waals surface area contributed by atoms with Crippen LogP contribution in [0.2, 0.25) is 0 Å². The number of anilines is 1. The van der Waals surface area contributed by atoms with E-state index in [1.54, 1.807) is 7.05 Å². The Morgan fingerprint density at radius 3 is 2.55 bits per heavy atom. The lowest BCUT2D eigenvalue weighted by Crippen LogP contribution is -2.33. The third-order valence-electron chi connectivity index (χ3n) is 3.13. The predicted molar refractivity (Wildman–Crippen MR) is 66.8 cm³/mol. The first-order valence-corrected chi connectivity index (χ1v) is 6.07. The third-order valence-corrected chi connectivity index (χ3v) is 3.13. The summed E-state index contributed by atoms with van der Waals surface area (Å²) >= 11 is 0. The van der Waals surface area contributed by atoms with E-state index < -0.39 is 24.2 Å². The summed E-state index contributed by atoms with van der Waals surface area (Å²) in [5.41, 5.74) is 4.87. The van der Waals surface area contributed by atoms with Crippen molar-refractivity contribution in [3.8, 4) is 0 Å². The van der Waals surface area contributed by atoms with E-state index in [4.69, 9.17) is 10.5 Å². The second-order valence-electron chi connectivity index (χ2n) is 4.67. The highest BCUT2D eigenvalue weighted by Crippen LogP contribution is 2.25. The highest BCUT2D eigenvalue weighted by atomic mass is 19.2. The van der Waals surface area contributed by atoms with Gasteiger partial charge in [-0.2, -0.15) is 0 Å². The Morgan fingerprint density at radius 2 is 1.95 bits per heavy atom. The van der Waals surface area contributed by atoms with Gasteiger partial charge in [-0.1, -0.05) is 0 Å². The van der Waals surface area contributed by atoms with Crippen molar-refractivity contribution in [1.29, 1.82) is 0 Å². The van der Waals surface area contributed by atoms with E-state index in [1.165, 1.54) is 4.90 Å². The smallest absolute Gasteiger partial charge is 0.340 e. The van der Waals surface area contributed by atoms with Gasteiger partial charge >= 0.3 is 5.97 Å². The van der Waals surface area contributed by atoms with Gasteiger partial charge in [0.1, 0.15) is 0 Å². The molecule has 20 heavy (non-hydrogen) atoms. The van der Waals surface area contributed by atoms with Gasteiger partial charge < -0.3 is 15.4 Å². The van der Waals surface area contributed by atoms with Gasteiger partial charge in [0.15, 0.2) is 18.2 Å². The van der Waals surface area contributed by atoms with Gasteiger partial charge in [-0.25, -0.2) is 13.6 Å². The lowest BCUT2D eigenvalue weighted by atomic mass is 10.1. The number of carbonyl (C=O) groups excluding carboxylic acids is 2. The van der Waals surface area contributed by atoms with Crippen LogP contribution < -0.4 is 5.73 Å². The van der Waals surface area contributed by atoms with E-state index in [9.17, 15) is 18.4 Å². The number of likely N-dealkylation sites (N-methyl/N-ethyl adjacent to an activating group) is 1. The monoisotopic (exact) mass is 284 g/mol. The highest BCUT2D eigenvalue weighted by molar-refractivity contribution is 5.96. The first-order chi connectivity index (χ1) is 9.40. The largest absolute Gasteiger partial charge is 0.452 e. The van der Waals surface area contributed by atoms with Gasteiger partial charge in [-0.3, -0.25) is 4.79 Å². The molecule has 2 N–H and O–H groups in total. The topological polar surface area (TPSA) is 72.6 Å². The van der Waals surface area contributed by atoms with Gasteiger partial charge in [0.25, 0.3) is 5.91 Å². The van der Waals surface area contributed by atoms with Gasteiger partial charge in [0.05, 0.1) is 5.56 Å². The van der Waals surface area contributed by atoms with E-state index in [0.717, 1.165) is 12.8 Å². The normalized spacial score (nSPS) is 13.9. The van der Waals surface area contributed by atoms with Crippen LogP contribution in [0.1, 0.15) is 23.2 Å². The van der Waals surface area contributed by atoms with Gasteiger partial charge in [0, 0.05) is 24.8 Å². The maximum Gasteiger partial charge on any atom is 0.340 e. The lowest BCUT2D eigenvalue weighted by Gasteiger charge is -2.16. The van der Waals surface area contributed by atoms with Crippen LogP contribution in [0.25, 0.3) is 0 Å². The van der Waals surface area contributed by atoms with Crippen LogP contribution in [0.4, 0.5) is 14.5 Å². The van der Waals surface area contributed by atoms with Gasteiger partial charge in [0.2, 0.25) is 0 Å². The van der Waals surface area contributed by atoms with Crippen LogP contribution in [0, 0.1) is 11.6 Å². The Balaban J connectivity index is 1.98. The van der Waals surface area contributed by atoms with Crippen molar-refractivity contribution >= 4 is 17.6 Å². The third kappa shape index (κ3) is 3.04. The van der Waals surface area contributed by atoms with Gasteiger partial charge in [-0.15, -0.1) is 0 Å². The number of ether oxygens (including phenoxy) is 1. The molecule has 0 atom stereocenters. The van der Waals surface area contributed by atoms with Crippen molar-refractivity contribution in [2.24, 2.45) is 0 Å². The van der Waals surface area contributed by atoms with Crippen LogP contribution in [0.15, 0.2) is 12.1 Å². The fraction of sp³-hybridized carbons (Fsp3) is 0.385. The number of hydrogen-bond donors (Lipinski definition) is 1. The molecular formula is C13H14F2N2O3. The Kier molecular flexibility index (Phi) is 3.87. The zero-order valence-corrected chi connectivity index (χ0v) is 10.9. The second kappa shape index (κ2) is 5.44. The van der Waals surface area contributed by atoms with Crippen LogP contribution in [0.3, 0.4) is 0 Å². The number of carbonyl (C=O) groups is 2. The number of nitrogen functional groups attached to an aromatic ring is 1. The molecule has 1 amide bonds. The first-order valence-electron chi connectivity index (χ1n) is 6.07. The molecule has 0 spiro atoms. The number of nitrogens with two attached hydrogens (primary N) is 1. The zero-order valence-electron chi connectivity index (χ0n) is 10.9. The molecule has 0 heterocycles. The molecule has 1 aromatic rings. The van der Waals surface area contributed by atoms with Crippen LogP contribution in [-0.4, -0.2) is 36.5 Å². The molecule has 5 nitrogen and oxygen atoms in total. The van der Waals surface area contributed by atoms with Crippen molar-refractivity contribution < 1.29 is 23.1 Å². The zero-order chi connectivity index (χ0) is 14.9. The van der Waals surface area contributed by atoms with E-state index in [-0.39, 0.29) is 23.2 Å². The molecular weight excluding hydrogens is 270 g/mol. The molecule has 0 radical (unpaired) electrons. The van der Waals surface area contributed by atoms with Crippen molar-refractivity contribution in [3.63, 3.8) is 0 Å². The molecule has 2 rings (SSSR count). The van der Waals surface area contributed by atoms with Crippen LogP contribution in [-0.2, 0) is 9.53 Å². The quantitative estimate of drug-likeness (QED) is 0.668. The number of esters is 1. The Hall–Kier alpha value is -2.18. The highest BCUT2D eigenvalue weighted by Gasteiger charge is 2.30. The summed E-state index contributed by atoms with van der Waals surface area (Å²) in [5, 5.41) is 0. The molecule has 0 aromatic heterocycles. The number of nitrogens with zero attached hydrogens (tertiary/aromatic N) is 1. The molecule has 0 aliphatic heterocycles. The second-order valence-corrected chi connectivity index (χ2v) is 4.67. The maximum atomic E-state index is 13.0. The van der Waals surface area contributed by atoms with E-state index in [1.807, 2.05) is 0 Å². The van der Waals surface area contributed by atoms with E-state index in [0.29, 0.717) is 12.1 Å². The summed E-state index contributed by atoms with van der Waals surface area (Å²) in [6.07, 6.45) is 1.87. The summed E-state index contributed by atoms with van der Waals surface area (Å²) in [5.74, 6) is -3.66. The number of benzene rings is 1. The van der Waals surface area contributed by atoms with Crippen molar-refractivity contribution in [2.45, 2.75) is 18.9 Å². The number of rotatable bonds is 4. The molecule has 1 fully saturated rings. The summed E-state index contributed by atoms with van der Waals surface area (Å²) in [6.45, 7) is -0.454. The molecule has 108 valence electrons. The number of amides is 1. The number of hydrogen-bond acceptors (Lipinski definition) is 4.